The van der Waals surface area contributed by atoms with Crippen molar-refractivity contribution in [2.75, 3.05) is 0 Å². The summed E-state index contributed by atoms with van der Waals surface area (Å²) in [6, 6.07) is 11.8. The lowest BCUT2D eigenvalue weighted by atomic mass is 10.2. The third-order valence-electron chi connectivity index (χ3n) is 1.13. The number of benzene rings is 1. The van der Waals surface area contributed by atoms with Crippen LogP contribution in [0.4, 0.5) is 0 Å². The van der Waals surface area contributed by atoms with Crippen molar-refractivity contribution < 1.29 is 0 Å². The van der Waals surface area contributed by atoms with Gasteiger partial charge in [-0.05, 0) is 5.56 Å². The SMILES string of the molecule is C.N#CCc1ccccc1. The smallest absolute Gasteiger partial charge is 0.0669 e. The number of nitrogens with zero attached hydrogens (tertiary/aromatic N) is 1. The van der Waals surface area contributed by atoms with Gasteiger partial charge in [0.2, 0.25) is 0 Å². The first kappa shape index (κ1) is 8.71. The molecule has 1 nitrogen and oxygen atoms in total. The van der Waals surface area contributed by atoms with Crippen LogP contribution < -0.4 is 0 Å². The third kappa shape index (κ3) is 2.32. The summed E-state index contributed by atoms with van der Waals surface area (Å²) in [6.07, 6.45) is 0.515. The molecule has 10 heavy (non-hydrogen) atoms. The lowest BCUT2D eigenvalue weighted by Crippen LogP contribution is -1.76. The van der Waals surface area contributed by atoms with Gasteiger partial charge in [0.15, 0.2) is 0 Å². The zero-order valence-electron chi connectivity index (χ0n) is 5.04. The maximum Gasteiger partial charge on any atom is 0.0669 e. The van der Waals surface area contributed by atoms with Gasteiger partial charge in [0, 0.05) is 0 Å². The lowest BCUT2D eigenvalue weighted by Gasteiger charge is -1.88. The molecule has 0 N–H and O–H groups in total. The summed E-state index contributed by atoms with van der Waals surface area (Å²) in [5.74, 6) is 0. The zero-order valence-corrected chi connectivity index (χ0v) is 5.04. The Kier molecular flexibility index (Phi) is 3.99. The normalized spacial score (nSPS) is 7.50. The van der Waals surface area contributed by atoms with Crippen molar-refractivity contribution in [2.24, 2.45) is 0 Å². The van der Waals surface area contributed by atoms with Crippen molar-refractivity contribution in [3.8, 4) is 6.07 Å². The van der Waals surface area contributed by atoms with Crippen LogP contribution in [0.15, 0.2) is 30.3 Å². The van der Waals surface area contributed by atoms with E-state index >= 15 is 0 Å². The van der Waals surface area contributed by atoms with E-state index in [1.807, 2.05) is 30.3 Å². The Morgan fingerprint density at radius 2 is 1.80 bits per heavy atom. The molecule has 1 aromatic carbocycles. The maximum absolute atomic E-state index is 8.27. The van der Waals surface area contributed by atoms with E-state index in [1.54, 1.807) is 0 Å². The molecule has 0 bridgehead atoms. The van der Waals surface area contributed by atoms with Crippen LogP contribution in [0.3, 0.4) is 0 Å². The topological polar surface area (TPSA) is 23.8 Å². The monoisotopic (exact) mass is 133 g/mol. The molecular formula is C9H11N. The van der Waals surface area contributed by atoms with E-state index in [-0.39, 0.29) is 7.43 Å². The summed E-state index contributed by atoms with van der Waals surface area (Å²) in [7, 11) is 0. The molecule has 0 aliphatic carbocycles. The van der Waals surface area contributed by atoms with Gasteiger partial charge < -0.3 is 0 Å². The second-order valence-corrected chi connectivity index (χ2v) is 1.82. The van der Waals surface area contributed by atoms with Gasteiger partial charge in [-0.1, -0.05) is 37.8 Å². The first-order valence-corrected chi connectivity index (χ1v) is 2.84. The molecular weight excluding hydrogens is 122 g/mol. The highest BCUT2D eigenvalue weighted by molar-refractivity contribution is 5.17. The van der Waals surface area contributed by atoms with Crippen molar-refractivity contribution in [3.63, 3.8) is 0 Å². The van der Waals surface area contributed by atoms with Crippen LogP contribution in [0.2, 0.25) is 0 Å². The van der Waals surface area contributed by atoms with Crippen LogP contribution in [0.5, 0.6) is 0 Å². The molecule has 1 aromatic rings. The predicted octanol–water partition coefficient (Wildman–Crippen LogP) is 2.39. The van der Waals surface area contributed by atoms with Gasteiger partial charge >= 0.3 is 0 Å². The van der Waals surface area contributed by atoms with E-state index in [9.17, 15) is 0 Å². The Bertz CT molecular complexity index is 208. The van der Waals surface area contributed by atoms with Gasteiger partial charge in [-0.2, -0.15) is 5.26 Å². The van der Waals surface area contributed by atoms with Gasteiger partial charge in [0.1, 0.15) is 0 Å². The molecule has 0 saturated carbocycles. The quantitative estimate of drug-likeness (QED) is 0.577. The van der Waals surface area contributed by atoms with Gasteiger partial charge in [0.05, 0.1) is 12.5 Å². The molecule has 0 spiro atoms. The molecule has 1 rings (SSSR count). The van der Waals surface area contributed by atoms with Crippen LogP contribution in [-0.2, 0) is 6.42 Å². The van der Waals surface area contributed by atoms with Crippen LogP contribution in [0.1, 0.15) is 13.0 Å². The second kappa shape index (κ2) is 4.58. The van der Waals surface area contributed by atoms with Gasteiger partial charge in [-0.15, -0.1) is 0 Å². The van der Waals surface area contributed by atoms with Gasteiger partial charge in [0.25, 0.3) is 0 Å². The van der Waals surface area contributed by atoms with Crippen molar-refractivity contribution in [2.45, 2.75) is 13.8 Å². The van der Waals surface area contributed by atoms with E-state index in [0.29, 0.717) is 6.42 Å². The van der Waals surface area contributed by atoms with Crippen LogP contribution in [-0.4, -0.2) is 0 Å². The van der Waals surface area contributed by atoms with Crippen LogP contribution in [0.25, 0.3) is 0 Å². The highest BCUT2D eigenvalue weighted by Gasteiger charge is 1.84. The first-order chi connectivity index (χ1) is 4.43. The first-order valence-electron chi connectivity index (χ1n) is 2.84. The van der Waals surface area contributed by atoms with Gasteiger partial charge in [-0.3, -0.25) is 0 Å². The number of hydrogen-bond acceptors (Lipinski definition) is 1. The highest BCUT2D eigenvalue weighted by atomic mass is 14.2. The number of hydrogen-bond donors (Lipinski definition) is 0. The number of nitriles is 1. The molecule has 0 heterocycles. The standard InChI is InChI=1S/C8H7N.CH4/c9-7-6-8-4-2-1-3-5-8;/h1-5H,6H2;1H4. The molecule has 0 aliphatic rings. The molecule has 52 valence electrons. The Labute approximate surface area is 61.9 Å². The van der Waals surface area contributed by atoms with Crippen LogP contribution >= 0.6 is 0 Å². The summed E-state index contributed by atoms with van der Waals surface area (Å²) in [5, 5.41) is 8.27. The average molecular weight is 133 g/mol. The molecule has 0 atom stereocenters. The van der Waals surface area contributed by atoms with Crippen LogP contribution in [0, 0.1) is 11.3 Å². The fourth-order valence-electron chi connectivity index (χ4n) is 0.687. The molecule has 0 fully saturated rings. The zero-order chi connectivity index (χ0) is 6.53. The predicted molar refractivity (Wildman–Crippen MR) is 42.5 cm³/mol. The Balaban J connectivity index is 0.000000810. The van der Waals surface area contributed by atoms with E-state index in [2.05, 4.69) is 6.07 Å². The molecule has 0 radical (unpaired) electrons. The van der Waals surface area contributed by atoms with E-state index in [0.717, 1.165) is 5.56 Å². The summed E-state index contributed by atoms with van der Waals surface area (Å²) in [4.78, 5) is 0. The fraction of sp³-hybridized carbons (Fsp3) is 0.222. The van der Waals surface area contributed by atoms with Crippen molar-refractivity contribution in [1.29, 1.82) is 5.26 Å². The fourth-order valence-corrected chi connectivity index (χ4v) is 0.687. The van der Waals surface area contributed by atoms with Crippen molar-refractivity contribution >= 4 is 0 Å². The summed E-state index contributed by atoms with van der Waals surface area (Å²) in [5.41, 5.74) is 1.08. The molecule has 0 aromatic heterocycles. The van der Waals surface area contributed by atoms with Gasteiger partial charge in [-0.25, -0.2) is 0 Å². The molecule has 0 unspecified atom stereocenters. The molecule has 0 aliphatic heterocycles. The van der Waals surface area contributed by atoms with Crippen molar-refractivity contribution in [3.05, 3.63) is 35.9 Å². The largest absolute Gasteiger partial charge is 0.198 e. The summed E-state index contributed by atoms with van der Waals surface area (Å²) >= 11 is 0. The molecule has 1 heteroatoms. The minimum absolute atomic E-state index is 0. The Morgan fingerprint density at radius 3 is 2.30 bits per heavy atom. The minimum Gasteiger partial charge on any atom is -0.198 e. The minimum atomic E-state index is 0. The Morgan fingerprint density at radius 1 is 1.20 bits per heavy atom. The van der Waals surface area contributed by atoms with E-state index in [4.69, 9.17) is 5.26 Å². The Hall–Kier alpha value is -1.29. The van der Waals surface area contributed by atoms with Crippen molar-refractivity contribution in [1.82, 2.24) is 0 Å². The number of rotatable bonds is 1. The van der Waals surface area contributed by atoms with E-state index in [1.165, 1.54) is 0 Å². The molecule has 0 saturated heterocycles. The second-order valence-electron chi connectivity index (χ2n) is 1.82. The third-order valence-corrected chi connectivity index (χ3v) is 1.13. The van der Waals surface area contributed by atoms with E-state index < -0.39 is 0 Å². The molecule has 0 amide bonds. The average Bonchev–Trinajstić information content (AvgIpc) is 1.91. The highest BCUT2D eigenvalue weighted by Crippen LogP contribution is 1.96. The summed E-state index contributed by atoms with van der Waals surface area (Å²) in [6.45, 7) is 0. The maximum atomic E-state index is 8.27. The summed E-state index contributed by atoms with van der Waals surface area (Å²) < 4.78 is 0. The lowest BCUT2D eigenvalue weighted by molar-refractivity contribution is 1.26.